The van der Waals surface area contributed by atoms with Gasteiger partial charge in [-0.05, 0) is 25.0 Å². The number of halogens is 2. The standard InChI is InChI=1S/C13H15Cl2NO2/c1-13(4-2-3-5-13)12(18)16-10-7-8(14)6-9(15)11(10)17/h6-7,17H,2-5H2,1H3,(H,16,18). The smallest absolute Gasteiger partial charge is 0.230 e. The van der Waals surface area contributed by atoms with Gasteiger partial charge in [0.25, 0.3) is 0 Å². The molecular formula is C13H15Cl2NO2. The highest BCUT2D eigenvalue weighted by atomic mass is 35.5. The molecule has 0 aliphatic heterocycles. The quantitative estimate of drug-likeness (QED) is 0.800. The van der Waals surface area contributed by atoms with Crippen LogP contribution in [0.4, 0.5) is 5.69 Å². The topological polar surface area (TPSA) is 49.3 Å². The van der Waals surface area contributed by atoms with Crippen LogP contribution in [0.25, 0.3) is 0 Å². The van der Waals surface area contributed by atoms with Gasteiger partial charge in [0.1, 0.15) is 0 Å². The number of carbonyl (C=O) groups is 1. The van der Waals surface area contributed by atoms with Gasteiger partial charge < -0.3 is 10.4 Å². The summed E-state index contributed by atoms with van der Waals surface area (Å²) in [5, 5.41) is 13.0. The van der Waals surface area contributed by atoms with Crippen molar-refractivity contribution < 1.29 is 9.90 Å². The van der Waals surface area contributed by atoms with E-state index in [4.69, 9.17) is 23.2 Å². The molecule has 18 heavy (non-hydrogen) atoms. The molecule has 0 unspecified atom stereocenters. The Hall–Kier alpha value is -0.930. The molecule has 98 valence electrons. The van der Waals surface area contributed by atoms with Crippen molar-refractivity contribution in [2.75, 3.05) is 5.32 Å². The first-order valence-electron chi connectivity index (χ1n) is 5.92. The lowest BCUT2D eigenvalue weighted by Crippen LogP contribution is -2.30. The molecule has 1 aromatic carbocycles. The van der Waals surface area contributed by atoms with Gasteiger partial charge in [-0.25, -0.2) is 0 Å². The average molecular weight is 288 g/mol. The van der Waals surface area contributed by atoms with Crippen LogP contribution >= 0.6 is 23.2 Å². The fraction of sp³-hybridized carbons (Fsp3) is 0.462. The Bertz CT molecular complexity index is 482. The summed E-state index contributed by atoms with van der Waals surface area (Å²) in [6.45, 7) is 1.94. The third-order valence-electron chi connectivity index (χ3n) is 3.53. The molecule has 0 spiro atoms. The first-order valence-corrected chi connectivity index (χ1v) is 6.67. The Kier molecular flexibility index (Phi) is 3.74. The van der Waals surface area contributed by atoms with Gasteiger partial charge in [-0.1, -0.05) is 43.0 Å². The van der Waals surface area contributed by atoms with Crippen molar-refractivity contribution in [2.24, 2.45) is 5.41 Å². The van der Waals surface area contributed by atoms with E-state index in [2.05, 4.69) is 5.32 Å². The number of amides is 1. The van der Waals surface area contributed by atoms with E-state index < -0.39 is 0 Å². The molecule has 0 radical (unpaired) electrons. The van der Waals surface area contributed by atoms with Gasteiger partial charge in [-0.15, -0.1) is 0 Å². The first kappa shape index (κ1) is 13.5. The number of aromatic hydroxyl groups is 1. The number of carbonyl (C=O) groups excluding carboxylic acids is 1. The van der Waals surface area contributed by atoms with Gasteiger partial charge in [-0.2, -0.15) is 0 Å². The normalized spacial score (nSPS) is 17.7. The second-order valence-electron chi connectivity index (χ2n) is 5.01. The molecule has 1 fully saturated rings. The van der Waals surface area contributed by atoms with Crippen molar-refractivity contribution in [2.45, 2.75) is 32.6 Å². The number of nitrogens with one attached hydrogen (secondary N) is 1. The minimum absolute atomic E-state index is 0.0892. The van der Waals surface area contributed by atoms with Crippen LogP contribution in [-0.2, 0) is 4.79 Å². The second kappa shape index (κ2) is 4.98. The molecule has 3 nitrogen and oxygen atoms in total. The lowest BCUT2D eigenvalue weighted by atomic mass is 9.88. The zero-order chi connectivity index (χ0) is 13.3. The molecule has 2 N–H and O–H groups in total. The van der Waals surface area contributed by atoms with Crippen LogP contribution in [0.3, 0.4) is 0 Å². The summed E-state index contributed by atoms with van der Waals surface area (Å²) in [7, 11) is 0. The molecule has 5 heteroatoms. The molecule has 0 aromatic heterocycles. The monoisotopic (exact) mass is 287 g/mol. The third-order valence-corrected chi connectivity index (χ3v) is 4.04. The molecule has 0 saturated heterocycles. The van der Waals surface area contributed by atoms with Crippen molar-refractivity contribution in [3.05, 3.63) is 22.2 Å². The molecule has 1 aliphatic rings. The molecule has 1 saturated carbocycles. The first-order chi connectivity index (χ1) is 8.42. The summed E-state index contributed by atoms with van der Waals surface area (Å²) in [4.78, 5) is 12.2. The zero-order valence-corrected chi connectivity index (χ0v) is 11.6. The van der Waals surface area contributed by atoms with Crippen LogP contribution in [-0.4, -0.2) is 11.0 Å². The van der Waals surface area contributed by atoms with E-state index in [1.807, 2.05) is 6.92 Å². The Morgan fingerprint density at radius 1 is 1.33 bits per heavy atom. The van der Waals surface area contributed by atoms with Gasteiger partial charge in [-0.3, -0.25) is 4.79 Å². The summed E-state index contributed by atoms with van der Waals surface area (Å²) in [5.41, 5.74) is -0.0908. The zero-order valence-electron chi connectivity index (χ0n) is 10.1. The maximum Gasteiger partial charge on any atom is 0.230 e. The van der Waals surface area contributed by atoms with E-state index in [0.29, 0.717) is 5.02 Å². The van der Waals surface area contributed by atoms with E-state index in [1.165, 1.54) is 12.1 Å². The number of hydrogen-bond donors (Lipinski definition) is 2. The fourth-order valence-corrected chi connectivity index (χ4v) is 2.81. The number of anilines is 1. The van der Waals surface area contributed by atoms with Crippen molar-refractivity contribution in [3.8, 4) is 5.75 Å². The second-order valence-corrected chi connectivity index (χ2v) is 5.85. The summed E-state index contributed by atoms with van der Waals surface area (Å²) < 4.78 is 0. The number of benzene rings is 1. The summed E-state index contributed by atoms with van der Waals surface area (Å²) >= 11 is 11.7. The van der Waals surface area contributed by atoms with E-state index in [-0.39, 0.29) is 27.8 Å². The average Bonchev–Trinajstić information content (AvgIpc) is 2.73. The molecule has 0 heterocycles. The Labute approximate surface area is 116 Å². The van der Waals surface area contributed by atoms with E-state index >= 15 is 0 Å². The molecule has 0 atom stereocenters. The van der Waals surface area contributed by atoms with Crippen molar-refractivity contribution >= 4 is 34.8 Å². The highest BCUT2D eigenvalue weighted by Crippen LogP contribution is 2.40. The van der Waals surface area contributed by atoms with Crippen LogP contribution < -0.4 is 5.32 Å². The number of hydrogen-bond acceptors (Lipinski definition) is 2. The van der Waals surface area contributed by atoms with Gasteiger partial charge in [0.05, 0.1) is 10.7 Å². The van der Waals surface area contributed by atoms with E-state index in [1.54, 1.807) is 0 Å². The number of rotatable bonds is 2. The van der Waals surface area contributed by atoms with E-state index in [0.717, 1.165) is 25.7 Å². The fourth-order valence-electron chi connectivity index (χ4n) is 2.32. The van der Waals surface area contributed by atoms with Crippen LogP contribution in [0.2, 0.25) is 10.0 Å². The lowest BCUT2D eigenvalue weighted by molar-refractivity contribution is -0.124. The SMILES string of the molecule is CC1(C(=O)Nc2cc(Cl)cc(Cl)c2O)CCCC1. The summed E-state index contributed by atoms with van der Waals surface area (Å²) in [6.07, 6.45) is 3.86. The Morgan fingerprint density at radius 3 is 2.56 bits per heavy atom. The van der Waals surface area contributed by atoms with Gasteiger partial charge in [0.2, 0.25) is 5.91 Å². The van der Waals surface area contributed by atoms with Crippen molar-refractivity contribution in [1.82, 2.24) is 0 Å². The maximum atomic E-state index is 12.2. The van der Waals surface area contributed by atoms with Gasteiger partial charge >= 0.3 is 0 Å². The molecule has 2 rings (SSSR count). The molecule has 1 aliphatic carbocycles. The van der Waals surface area contributed by atoms with Crippen LogP contribution in [0.15, 0.2) is 12.1 Å². The Morgan fingerprint density at radius 2 is 1.94 bits per heavy atom. The van der Waals surface area contributed by atoms with Crippen LogP contribution in [0.5, 0.6) is 5.75 Å². The van der Waals surface area contributed by atoms with E-state index in [9.17, 15) is 9.90 Å². The highest BCUT2D eigenvalue weighted by Gasteiger charge is 2.36. The molecule has 1 aromatic rings. The van der Waals surface area contributed by atoms with Gasteiger partial charge in [0.15, 0.2) is 5.75 Å². The lowest BCUT2D eigenvalue weighted by Gasteiger charge is -2.22. The molecular weight excluding hydrogens is 273 g/mol. The molecule has 0 bridgehead atoms. The summed E-state index contributed by atoms with van der Waals surface area (Å²) in [6, 6.07) is 2.93. The Balaban J connectivity index is 2.21. The third kappa shape index (κ3) is 2.57. The van der Waals surface area contributed by atoms with Crippen molar-refractivity contribution in [1.29, 1.82) is 0 Å². The highest BCUT2D eigenvalue weighted by molar-refractivity contribution is 6.36. The minimum atomic E-state index is -0.360. The van der Waals surface area contributed by atoms with Crippen LogP contribution in [0, 0.1) is 5.41 Å². The summed E-state index contributed by atoms with van der Waals surface area (Å²) in [5.74, 6) is -0.232. The van der Waals surface area contributed by atoms with Crippen LogP contribution in [0.1, 0.15) is 32.6 Å². The maximum absolute atomic E-state index is 12.2. The minimum Gasteiger partial charge on any atom is -0.504 e. The predicted molar refractivity (Wildman–Crippen MR) is 73.3 cm³/mol. The van der Waals surface area contributed by atoms with Gasteiger partial charge in [0, 0.05) is 10.4 Å². The largest absolute Gasteiger partial charge is 0.504 e. The number of phenols is 1. The number of phenolic OH excluding ortho intramolecular Hbond substituents is 1. The molecule has 1 amide bonds. The predicted octanol–water partition coefficient (Wildman–Crippen LogP) is 4.22. The van der Waals surface area contributed by atoms with Crippen molar-refractivity contribution in [3.63, 3.8) is 0 Å².